The number of carbonyl (C=O) groups is 2. The summed E-state index contributed by atoms with van der Waals surface area (Å²) in [6, 6.07) is -1.32. The largest absolute Gasteiger partial charge is 0.479 e. The average Bonchev–Trinajstić information content (AvgIpc) is 2.70. The van der Waals surface area contributed by atoms with Crippen molar-refractivity contribution in [3.05, 3.63) is 20.7 Å². The molecular formula is C9H10F3N3O4S. The van der Waals surface area contributed by atoms with Gasteiger partial charge in [-0.15, -0.1) is 0 Å². The lowest BCUT2D eigenvalue weighted by atomic mass is 10.0. The summed E-state index contributed by atoms with van der Waals surface area (Å²) in [7, 11) is 0. The Labute approximate surface area is 113 Å². The van der Waals surface area contributed by atoms with Gasteiger partial charge in [0, 0.05) is 11.1 Å². The summed E-state index contributed by atoms with van der Waals surface area (Å²) in [5.41, 5.74) is -3.11. The van der Waals surface area contributed by atoms with Crippen LogP contribution in [0.15, 0.2) is 10.2 Å². The van der Waals surface area contributed by atoms with Crippen molar-refractivity contribution >= 4 is 23.3 Å². The van der Waals surface area contributed by atoms with Gasteiger partial charge in [-0.3, -0.25) is 4.79 Å². The zero-order valence-corrected chi connectivity index (χ0v) is 10.8. The molecular weight excluding hydrogens is 303 g/mol. The SMILES string of the molecule is CC(NC(=O)NCc1csc(=O)[nH]1)(C(=O)O)C(F)(F)F. The summed E-state index contributed by atoms with van der Waals surface area (Å²) in [6.45, 7) is 0.0967. The van der Waals surface area contributed by atoms with E-state index in [0.717, 1.165) is 11.3 Å². The van der Waals surface area contributed by atoms with Gasteiger partial charge in [0.05, 0.1) is 6.54 Å². The molecule has 0 aliphatic rings. The molecule has 1 unspecified atom stereocenters. The van der Waals surface area contributed by atoms with E-state index in [2.05, 4.69) is 4.98 Å². The molecule has 0 saturated heterocycles. The molecule has 7 nitrogen and oxygen atoms in total. The van der Waals surface area contributed by atoms with Crippen molar-refractivity contribution in [3.63, 3.8) is 0 Å². The zero-order chi connectivity index (χ0) is 15.6. The number of hydrogen-bond donors (Lipinski definition) is 4. The fourth-order valence-electron chi connectivity index (χ4n) is 1.09. The number of carbonyl (C=O) groups excluding carboxylic acids is 1. The zero-order valence-electron chi connectivity index (χ0n) is 10.00. The predicted molar refractivity (Wildman–Crippen MR) is 62.4 cm³/mol. The molecule has 0 aliphatic heterocycles. The summed E-state index contributed by atoms with van der Waals surface area (Å²) in [4.78, 5) is 34.7. The number of alkyl halides is 3. The molecule has 11 heteroatoms. The Morgan fingerprint density at radius 1 is 1.45 bits per heavy atom. The summed E-state index contributed by atoms with van der Waals surface area (Å²) < 4.78 is 37.8. The highest BCUT2D eigenvalue weighted by atomic mass is 32.1. The number of aromatic nitrogens is 1. The minimum atomic E-state index is -5.16. The van der Waals surface area contributed by atoms with Gasteiger partial charge in [0.25, 0.3) is 0 Å². The molecule has 0 fully saturated rings. The quantitative estimate of drug-likeness (QED) is 0.653. The van der Waals surface area contributed by atoms with Crippen LogP contribution in [0.5, 0.6) is 0 Å². The monoisotopic (exact) mass is 313 g/mol. The number of thiazole rings is 1. The third kappa shape index (κ3) is 3.50. The first kappa shape index (κ1) is 16.0. The second kappa shape index (κ2) is 5.53. The lowest BCUT2D eigenvalue weighted by Gasteiger charge is -2.28. The minimum absolute atomic E-state index is 0.238. The van der Waals surface area contributed by atoms with Crippen LogP contribution in [0.3, 0.4) is 0 Å². The van der Waals surface area contributed by atoms with Crippen molar-refractivity contribution in [2.24, 2.45) is 0 Å². The van der Waals surface area contributed by atoms with Crippen molar-refractivity contribution in [2.75, 3.05) is 0 Å². The molecule has 2 amide bonds. The van der Waals surface area contributed by atoms with Crippen molar-refractivity contribution in [3.8, 4) is 0 Å². The van der Waals surface area contributed by atoms with Crippen LogP contribution >= 0.6 is 11.3 Å². The molecule has 1 aromatic heterocycles. The van der Waals surface area contributed by atoms with E-state index >= 15 is 0 Å². The Balaban J connectivity index is 2.68. The summed E-state index contributed by atoms with van der Waals surface area (Å²) in [5.74, 6) is -2.23. The van der Waals surface area contributed by atoms with E-state index < -0.39 is 23.7 Å². The van der Waals surface area contributed by atoms with E-state index in [0.29, 0.717) is 12.6 Å². The molecule has 4 N–H and O–H groups in total. The van der Waals surface area contributed by atoms with Gasteiger partial charge in [0.1, 0.15) is 0 Å². The van der Waals surface area contributed by atoms with Gasteiger partial charge >= 0.3 is 23.0 Å². The third-order valence-electron chi connectivity index (χ3n) is 2.37. The van der Waals surface area contributed by atoms with E-state index in [-0.39, 0.29) is 11.4 Å². The number of halogens is 3. The Morgan fingerprint density at radius 2 is 2.05 bits per heavy atom. The topological polar surface area (TPSA) is 111 Å². The molecule has 0 radical (unpaired) electrons. The van der Waals surface area contributed by atoms with Gasteiger partial charge in [-0.05, 0) is 6.92 Å². The van der Waals surface area contributed by atoms with Gasteiger partial charge in [0.2, 0.25) is 5.54 Å². The normalized spacial score (nSPS) is 14.4. The highest BCUT2D eigenvalue weighted by Gasteiger charge is 2.58. The summed E-state index contributed by atoms with van der Waals surface area (Å²) in [6.07, 6.45) is -5.16. The van der Waals surface area contributed by atoms with Gasteiger partial charge in [-0.25, -0.2) is 9.59 Å². The first-order chi connectivity index (χ1) is 9.06. The molecule has 112 valence electrons. The molecule has 1 heterocycles. The lowest BCUT2D eigenvalue weighted by Crippen LogP contribution is -2.63. The predicted octanol–water partition coefficient (Wildman–Crippen LogP) is 0.641. The number of H-pyrrole nitrogens is 1. The Morgan fingerprint density at radius 3 is 2.45 bits per heavy atom. The van der Waals surface area contributed by atoms with E-state index in [1.807, 2.05) is 5.32 Å². The van der Waals surface area contributed by atoms with Gasteiger partial charge < -0.3 is 20.7 Å². The molecule has 1 aromatic rings. The maximum Gasteiger partial charge on any atom is 0.422 e. The van der Waals surface area contributed by atoms with Crippen LogP contribution in [0.4, 0.5) is 18.0 Å². The van der Waals surface area contributed by atoms with Gasteiger partial charge in [0.15, 0.2) is 0 Å². The van der Waals surface area contributed by atoms with E-state index in [4.69, 9.17) is 5.11 Å². The van der Waals surface area contributed by atoms with Crippen LogP contribution in [-0.4, -0.2) is 33.8 Å². The maximum atomic E-state index is 12.6. The number of urea groups is 1. The number of nitrogens with one attached hydrogen (secondary N) is 3. The van der Waals surface area contributed by atoms with Crippen molar-refractivity contribution in [1.29, 1.82) is 0 Å². The van der Waals surface area contributed by atoms with Crippen LogP contribution in [0.1, 0.15) is 12.6 Å². The maximum absolute atomic E-state index is 12.6. The van der Waals surface area contributed by atoms with Crippen molar-refractivity contribution in [1.82, 2.24) is 15.6 Å². The fraction of sp³-hybridized carbons (Fsp3) is 0.444. The van der Waals surface area contributed by atoms with E-state index in [9.17, 15) is 27.6 Å². The number of rotatable bonds is 4. The first-order valence-corrected chi connectivity index (χ1v) is 5.97. The number of carboxylic acids is 1. The van der Waals surface area contributed by atoms with Crippen LogP contribution in [0, 0.1) is 0 Å². The summed E-state index contributed by atoms with van der Waals surface area (Å²) >= 11 is 0.821. The fourth-order valence-corrected chi connectivity index (χ4v) is 1.67. The molecule has 0 saturated carbocycles. The molecule has 0 aliphatic carbocycles. The molecule has 0 spiro atoms. The van der Waals surface area contributed by atoms with Crippen LogP contribution in [-0.2, 0) is 11.3 Å². The van der Waals surface area contributed by atoms with Crippen LogP contribution in [0.2, 0.25) is 0 Å². The number of hydrogen-bond acceptors (Lipinski definition) is 4. The smallest absolute Gasteiger partial charge is 0.422 e. The number of aromatic amines is 1. The van der Waals surface area contributed by atoms with Crippen LogP contribution < -0.4 is 15.5 Å². The highest BCUT2D eigenvalue weighted by molar-refractivity contribution is 7.07. The Kier molecular flexibility index (Phi) is 4.43. The highest BCUT2D eigenvalue weighted by Crippen LogP contribution is 2.30. The molecule has 1 atom stereocenters. The van der Waals surface area contributed by atoms with Crippen molar-refractivity contribution < 1.29 is 27.9 Å². The molecule has 20 heavy (non-hydrogen) atoms. The Hall–Kier alpha value is -2.04. The lowest BCUT2D eigenvalue weighted by molar-refractivity contribution is -0.203. The Bertz CT molecular complexity index is 567. The number of amides is 2. The average molecular weight is 313 g/mol. The number of aliphatic carboxylic acids is 1. The van der Waals surface area contributed by atoms with Crippen molar-refractivity contribution in [2.45, 2.75) is 25.2 Å². The van der Waals surface area contributed by atoms with E-state index in [1.54, 1.807) is 0 Å². The van der Waals surface area contributed by atoms with E-state index in [1.165, 1.54) is 10.7 Å². The number of carboxylic acid groups (broad SMARTS) is 1. The second-order valence-electron chi connectivity index (χ2n) is 3.91. The third-order valence-corrected chi connectivity index (χ3v) is 3.09. The first-order valence-electron chi connectivity index (χ1n) is 5.09. The molecule has 0 bridgehead atoms. The summed E-state index contributed by atoms with van der Waals surface area (Å²) in [5, 5.41) is 13.3. The standard InChI is InChI=1S/C9H10F3N3O4S/c1-8(5(16)17,9(10,11)12)15-6(18)13-2-4-3-20-7(19)14-4/h3H,2H2,1H3,(H,14,19)(H,16,17)(H2,13,15,18). The van der Waals surface area contributed by atoms with Gasteiger partial charge in [-0.1, -0.05) is 11.3 Å². The second-order valence-corrected chi connectivity index (χ2v) is 4.75. The molecule has 0 aromatic carbocycles. The molecule has 1 rings (SSSR count). The van der Waals surface area contributed by atoms with Gasteiger partial charge in [-0.2, -0.15) is 13.2 Å². The minimum Gasteiger partial charge on any atom is -0.479 e. The van der Waals surface area contributed by atoms with Crippen LogP contribution in [0.25, 0.3) is 0 Å².